The quantitative estimate of drug-likeness (QED) is 0.319. The van der Waals surface area contributed by atoms with Crippen LogP contribution in [0.15, 0.2) is 42.0 Å². The van der Waals surface area contributed by atoms with Crippen LogP contribution in [-0.2, 0) is 4.79 Å². The lowest BCUT2D eigenvalue weighted by molar-refractivity contribution is -0.112. The molecule has 4 nitrogen and oxygen atoms in total. The number of ether oxygens (including phenoxy) is 1. The van der Waals surface area contributed by atoms with Gasteiger partial charge in [-0.2, -0.15) is 5.26 Å². The molecule has 0 atom stereocenters. The van der Waals surface area contributed by atoms with Crippen molar-refractivity contribution in [3.63, 3.8) is 0 Å². The number of anilines is 1. The van der Waals surface area contributed by atoms with Crippen molar-refractivity contribution in [1.29, 1.82) is 5.26 Å². The van der Waals surface area contributed by atoms with Gasteiger partial charge in [-0.15, -0.1) is 0 Å². The molecule has 1 N–H and O–H groups in total. The highest BCUT2D eigenvalue weighted by Gasteiger charge is 2.12. The number of amides is 1. The summed E-state index contributed by atoms with van der Waals surface area (Å²) in [5.41, 5.74) is 1.29. The molecule has 0 fully saturated rings. The molecule has 0 saturated heterocycles. The molecule has 0 aromatic heterocycles. The number of carbonyl (C=O) groups is 1. The average molecular weight is 565 g/mol. The van der Waals surface area contributed by atoms with E-state index in [1.54, 1.807) is 37.5 Å². The van der Waals surface area contributed by atoms with Gasteiger partial charge in [-0.1, -0.05) is 17.7 Å². The number of carbonyl (C=O) groups excluding carboxylic acids is 1. The highest BCUT2D eigenvalue weighted by Crippen LogP contribution is 2.29. The van der Waals surface area contributed by atoms with Gasteiger partial charge in [-0.05, 0) is 87.2 Å². The minimum Gasteiger partial charge on any atom is -0.495 e. The maximum Gasteiger partial charge on any atom is 0.266 e. The van der Waals surface area contributed by atoms with Gasteiger partial charge in [-0.3, -0.25) is 4.79 Å². The van der Waals surface area contributed by atoms with Crippen LogP contribution in [0, 0.1) is 18.5 Å². The van der Waals surface area contributed by atoms with E-state index >= 15 is 0 Å². The van der Waals surface area contributed by atoms with E-state index in [2.05, 4.69) is 50.5 Å². The standard InChI is InChI=1S/C17H11ClI2N2O2/c1-24-16-14(19)6-10(7-15(16)20)5-11(9-21)17(23)22-13-4-2-3-12(18)8-13/h2-8H,1H3,(H,22,23)/b11-5+. The van der Waals surface area contributed by atoms with Crippen LogP contribution in [-0.4, -0.2) is 13.0 Å². The first kappa shape index (κ1) is 19.0. The van der Waals surface area contributed by atoms with Crippen LogP contribution in [0.5, 0.6) is 5.75 Å². The average Bonchev–Trinajstić information content (AvgIpc) is 2.52. The lowest BCUT2D eigenvalue weighted by atomic mass is 10.1. The van der Waals surface area contributed by atoms with Crippen molar-refractivity contribution in [2.45, 2.75) is 0 Å². The number of halogens is 3. The lowest BCUT2D eigenvalue weighted by Gasteiger charge is -2.08. The Balaban J connectivity index is 2.29. The monoisotopic (exact) mass is 564 g/mol. The topological polar surface area (TPSA) is 62.1 Å². The summed E-state index contributed by atoms with van der Waals surface area (Å²) in [5.74, 6) is 0.288. The van der Waals surface area contributed by atoms with E-state index in [1.165, 1.54) is 0 Å². The second-order valence-corrected chi connectivity index (χ2v) is 7.41. The minimum absolute atomic E-state index is 0.00624. The molecule has 0 bridgehead atoms. The van der Waals surface area contributed by atoms with Gasteiger partial charge < -0.3 is 10.1 Å². The molecule has 0 aliphatic carbocycles. The molecule has 0 saturated carbocycles. The van der Waals surface area contributed by atoms with Crippen LogP contribution >= 0.6 is 56.8 Å². The highest BCUT2D eigenvalue weighted by atomic mass is 127. The van der Waals surface area contributed by atoms with E-state index in [4.69, 9.17) is 16.3 Å². The predicted octanol–water partition coefficient (Wildman–Crippen LogP) is 5.10. The molecule has 0 spiro atoms. The summed E-state index contributed by atoms with van der Waals surface area (Å²) in [6, 6.07) is 12.4. The smallest absolute Gasteiger partial charge is 0.266 e. The second kappa shape index (κ2) is 8.69. The molecule has 0 heterocycles. The van der Waals surface area contributed by atoms with Gasteiger partial charge in [0.1, 0.15) is 17.4 Å². The first-order valence-electron chi connectivity index (χ1n) is 6.66. The lowest BCUT2D eigenvalue weighted by Crippen LogP contribution is -2.13. The fourth-order valence-corrected chi connectivity index (χ4v) is 4.38. The third kappa shape index (κ3) is 4.84. The molecule has 0 aliphatic rings. The zero-order valence-corrected chi connectivity index (χ0v) is 17.5. The van der Waals surface area contributed by atoms with E-state index in [0.717, 1.165) is 18.5 Å². The molecule has 2 rings (SSSR count). The summed E-state index contributed by atoms with van der Waals surface area (Å²) in [6.07, 6.45) is 1.55. The summed E-state index contributed by atoms with van der Waals surface area (Å²) in [6.45, 7) is 0. The third-order valence-electron chi connectivity index (χ3n) is 2.98. The zero-order chi connectivity index (χ0) is 17.7. The number of nitriles is 1. The summed E-state index contributed by atoms with van der Waals surface area (Å²) in [7, 11) is 1.61. The minimum atomic E-state index is -0.486. The van der Waals surface area contributed by atoms with Crippen molar-refractivity contribution in [3.05, 3.63) is 59.7 Å². The molecule has 24 heavy (non-hydrogen) atoms. The molecule has 2 aromatic carbocycles. The van der Waals surface area contributed by atoms with Crippen LogP contribution in [0.25, 0.3) is 6.08 Å². The maximum absolute atomic E-state index is 12.3. The van der Waals surface area contributed by atoms with Crippen molar-refractivity contribution in [1.82, 2.24) is 0 Å². The number of nitrogens with zero attached hydrogens (tertiary/aromatic N) is 1. The Kier molecular flexibility index (Phi) is 6.89. The first-order valence-corrected chi connectivity index (χ1v) is 9.20. The number of hydrogen-bond donors (Lipinski definition) is 1. The Morgan fingerprint density at radius 2 is 1.96 bits per heavy atom. The van der Waals surface area contributed by atoms with Gasteiger partial charge in [0.15, 0.2) is 0 Å². The molecular formula is C17H11ClI2N2O2. The maximum atomic E-state index is 12.3. The van der Waals surface area contributed by atoms with Crippen LogP contribution in [0.1, 0.15) is 5.56 Å². The molecule has 2 aromatic rings. The zero-order valence-electron chi connectivity index (χ0n) is 12.4. The normalized spacial score (nSPS) is 10.9. The van der Waals surface area contributed by atoms with E-state index in [1.807, 2.05) is 18.2 Å². The Morgan fingerprint density at radius 3 is 2.50 bits per heavy atom. The van der Waals surface area contributed by atoms with Crippen LogP contribution < -0.4 is 10.1 Å². The van der Waals surface area contributed by atoms with Gasteiger partial charge in [0.25, 0.3) is 5.91 Å². The largest absolute Gasteiger partial charge is 0.495 e. The summed E-state index contributed by atoms with van der Waals surface area (Å²) >= 11 is 10.2. The second-order valence-electron chi connectivity index (χ2n) is 4.65. The Labute approximate surface area is 172 Å². The predicted molar refractivity (Wildman–Crippen MR) is 112 cm³/mol. The summed E-state index contributed by atoms with van der Waals surface area (Å²) in [4.78, 5) is 12.3. The molecule has 122 valence electrons. The molecular weight excluding hydrogens is 553 g/mol. The number of benzene rings is 2. The number of methoxy groups -OCH3 is 1. The number of hydrogen-bond acceptors (Lipinski definition) is 3. The van der Waals surface area contributed by atoms with Gasteiger partial charge in [0, 0.05) is 10.7 Å². The Bertz CT molecular complexity index is 837. The first-order chi connectivity index (χ1) is 11.4. The van der Waals surface area contributed by atoms with Crippen molar-refractivity contribution in [2.75, 3.05) is 12.4 Å². The van der Waals surface area contributed by atoms with Gasteiger partial charge in [0.05, 0.1) is 14.3 Å². The highest BCUT2D eigenvalue weighted by molar-refractivity contribution is 14.1. The van der Waals surface area contributed by atoms with Crippen LogP contribution in [0.3, 0.4) is 0 Å². The van der Waals surface area contributed by atoms with Gasteiger partial charge >= 0.3 is 0 Å². The van der Waals surface area contributed by atoms with Crippen molar-refractivity contribution in [3.8, 4) is 11.8 Å². The molecule has 0 unspecified atom stereocenters. The van der Waals surface area contributed by atoms with E-state index in [9.17, 15) is 10.1 Å². The van der Waals surface area contributed by atoms with Gasteiger partial charge in [0.2, 0.25) is 0 Å². The van der Waals surface area contributed by atoms with Crippen LogP contribution in [0.4, 0.5) is 5.69 Å². The summed E-state index contributed by atoms with van der Waals surface area (Å²) in [5, 5.41) is 12.5. The van der Waals surface area contributed by atoms with Crippen molar-refractivity contribution >= 4 is 74.5 Å². The SMILES string of the molecule is COc1c(I)cc(/C=C(\C#N)C(=O)Nc2cccc(Cl)c2)cc1I. The Hall–Kier alpha value is -1.31. The van der Waals surface area contributed by atoms with Crippen LogP contribution in [0.2, 0.25) is 5.02 Å². The number of nitrogens with one attached hydrogen (secondary N) is 1. The molecule has 0 aliphatic heterocycles. The van der Waals surface area contributed by atoms with E-state index in [-0.39, 0.29) is 5.57 Å². The van der Waals surface area contributed by atoms with E-state index < -0.39 is 5.91 Å². The summed E-state index contributed by atoms with van der Waals surface area (Å²) < 4.78 is 7.11. The van der Waals surface area contributed by atoms with Crippen molar-refractivity contribution < 1.29 is 9.53 Å². The third-order valence-corrected chi connectivity index (χ3v) is 4.82. The number of rotatable bonds is 4. The fourth-order valence-electron chi connectivity index (χ4n) is 1.94. The molecule has 0 radical (unpaired) electrons. The molecule has 1 amide bonds. The molecule has 7 heteroatoms. The van der Waals surface area contributed by atoms with Crippen molar-refractivity contribution in [2.24, 2.45) is 0 Å². The fraction of sp³-hybridized carbons (Fsp3) is 0.0588. The van der Waals surface area contributed by atoms with Gasteiger partial charge in [-0.25, -0.2) is 0 Å². The Morgan fingerprint density at radius 1 is 1.29 bits per heavy atom. The van der Waals surface area contributed by atoms with E-state index in [0.29, 0.717) is 10.7 Å².